The summed E-state index contributed by atoms with van der Waals surface area (Å²) in [5.41, 5.74) is 1.56. The molecule has 126 valence electrons. The van der Waals surface area contributed by atoms with Crippen LogP contribution < -0.4 is 4.74 Å². The van der Waals surface area contributed by atoms with Crippen molar-refractivity contribution >= 4 is 48.5 Å². The van der Waals surface area contributed by atoms with Gasteiger partial charge in [0.15, 0.2) is 6.61 Å². The number of carbonyl (C=O) groups excluding carboxylic acids is 1. The van der Waals surface area contributed by atoms with Crippen molar-refractivity contribution in [2.24, 2.45) is 0 Å². The maximum absolute atomic E-state index is 12.7. The van der Waals surface area contributed by atoms with Crippen LogP contribution in [-0.2, 0) is 6.54 Å². The number of para-hydroxylation sites is 2. The third kappa shape index (κ3) is 3.78. The summed E-state index contributed by atoms with van der Waals surface area (Å²) in [6, 6.07) is 15.4. The molecule has 0 saturated heterocycles. The highest BCUT2D eigenvalue weighted by Crippen LogP contribution is 2.33. The van der Waals surface area contributed by atoms with E-state index in [4.69, 9.17) is 10.00 Å². The Hall–Kier alpha value is -2.10. The molecule has 0 fully saturated rings. The first-order valence-electron chi connectivity index (χ1n) is 7.66. The maximum Gasteiger partial charge on any atom is 0.202 e. The Bertz CT molecular complexity index is 953. The van der Waals surface area contributed by atoms with Crippen LogP contribution in [0.25, 0.3) is 10.9 Å². The number of Topliss-reactive ketones (excluding diaryl/α,β-unsaturated/α-hetero) is 1. The number of halogens is 2. The average Bonchev–Trinajstić information content (AvgIpc) is 2.98. The van der Waals surface area contributed by atoms with E-state index in [0.717, 1.165) is 19.8 Å². The predicted octanol–water partition coefficient (Wildman–Crippen LogP) is 5.34. The lowest BCUT2D eigenvalue weighted by Crippen LogP contribution is -2.12. The zero-order valence-electron chi connectivity index (χ0n) is 13.2. The standard InChI is InChI=1S/C19H14Br2N2O2/c20-15-6-3-7-16(21)19(15)25-12-18(24)14-11-23(10-4-9-22)17-8-2-1-5-13(14)17/h1-3,5-8,11H,4,10,12H2. The topological polar surface area (TPSA) is 55.0 Å². The van der Waals surface area contributed by atoms with E-state index in [1.165, 1.54) is 0 Å². The van der Waals surface area contributed by atoms with Crippen molar-refractivity contribution < 1.29 is 9.53 Å². The second-order valence-corrected chi connectivity index (χ2v) is 7.13. The predicted molar refractivity (Wildman–Crippen MR) is 104 cm³/mol. The first kappa shape index (κ1) is 17.7. The molecule has 6 heteroatoms. The fourth-order valence-corrected chi connectivity index (χ4v) is 3.89. The lowest BCUT2D eigenvalue weighted by molar-refractivity contribution is 0.0922. The normalized spacial score (nSPS) is 10.6. The Labute approximate surface area is 162 Å². The van der Waals surface area contributed by atoms with Crippen LogP contribution in [0.2, 0.25) is 0 Å². The Morgan fingerprint density at radius 1 is 1.12 bits per heavy atom. The van der Waals surface area contributed by atoms with Gasteiger partial charge in [-0.3, -0.25) is 4.79 Å². The van der Waals surface area contributed by atoms with Gasteiger partial charge in [-0.2, -0.15) is 5.26 Å². The summed E-state index contributed by atoms with van der Waals surface area (Å²) < 4.78 is 9.23. The summed E-state index contributed by atoms with van der Waals surface area (Å²) in [5.74, 6) is 0.499. The molecule has 0 bridgehead atoms. The SMILES string of the molecule is N#CCCn1cc(C(=O)COc2c(Br)cccc2Br)c2ccccc21. The monoisotopic (exact) mass is 460 g/mol. The third-order valence-corrected chi connectivity index (χ3v) is 5.07. The second-order valence-electron chi connectivity index (χ2n) is 5.42. The van der Waals surface area contributed by atoms with E-state index in [1.807, 2.05) is 53.2 Å². The molecular formula is C19H14Br2N2O2. The van der Waals surface area contributed by atoms with Gasteiger partial charge in [0.05, 0.1) is 21.4 Å². The highest BCUT2D eigenvalue weighted by molar-refractivity contribution is 9.11. The van der Waals surface area contributed by atoms with E-state index in [-0.39, 0.29) is 12.4 Å². The minimum Gasteiger partial charge on any atom is -0.483 e. The van der Waals surface area contributed by atoms with Crippen molar-refractivity contribution in [1.82, 2.24) is 4.57 Å². The zero-order chi connectivity index (χ0) is 17.8. The van der Waals surface area contributed by atoms with E-state index in [1.54, 1.807) is 0 Å². The largest absolute Gasteiger partial charge is 0.483 e. The van der Waals surface area contributed by atoms with E-state index < -0.39 is 0 Å². The molecule has 0 N–H and O–H groups in total. The lowest BCUT2D eigenvalue weighted by Gasteiger charge is -2.09. The second kappa shape index (κ2) is 7.85. The van der Waals surface area contributed by atoms with Gasteiger partial charge in [-0.25, -0.2) is 0 Å². The zero-order valence-corrected chi connectivity index (χ0v) is 16.4. The summed E-state index contributed by atoms with van der Waals surface area (Å²) in [6.45, 7) is 0.494. The van der Waals surface area contributed by atoms with Crippen molar-refractivity contribution in [3.63, 3.8) is 0 Å². The van der Waals surface area contributed by atoms with Gasteiger partial charge in [-0.15, -0.1) is 0 Å². The Kier molecular flexibility index (Phi) is 5.57. The molecule has 0 unspecified atom stereocenters. The molecule has 3 rings (SSSR count). The lowest BCUT2D eigenvalue weighted by atomic mass is 10.1. The van der Waals surface area contributed by atoms with Crippen molar-refractivity contribution in [2.45, 2.75) is 13.0 Å². The molecule has 0 amide bonds. The van der Waals surface area contributed by atoms with E-state index in [0.29, 0.717) is 24.3 Å². The summed E-state index contributed by atoms with van der Waals surface area (Å²) >= 11 is 6.85. The van der Waals surface area contributed by atoms with Crippen LogP contribution in [0.1, 0.15) is 16.8 Å². The van der Waals surface area contributed by atoms with Gasteiger partial charge in [0, 0.05) is 29.2 Å². The van der Waals surface area contributed by atoms with Gasteiger partial charge in [0.25, 0.3) is 0 Å². The first-order chi connectivity index (χ1) is 12.1. The molecule has 4 nitrogen and oxygen atoms in total. The quantitative estimate of drug-likeness (QED) is 0.465. The van der Waals surface area contributed by atoms with Crippen LogP contribution in [0, 0.1) is 11.3 Å². The molecular weight excluding hydrogens is 448 g/mol. The molecule has 0 radical (unpaired) electrons. The smallest absolute Gasteiger partial charge is 0.202 e. The summed E-state index contributed by atoms with van der Waals surface area (Å²) in [7, 11) is 0. The van der Waals surface area contributed by atoms with Crippen molar-refractivity contribution in [3.8, 4) is 11.8 Å². The van der Waals surface area contributed by atoms with Crippen molar-refractivity contribution in [2.75, 3.05) is 6.61 Å². The number of aryl methyl sites for hydroxylation is 1. The molecule has 0 aliphatic rings. The fourth-order valence-electron chi connectivity index (χ4n) is 2.66. The summed E-state index contributed by atoms with van der Waals surface area (Å²) in [4.78, 5) is 12.7. The maximum atomic E-state index is 12.7. The summed E-state index contributed by atoms with van der Waals surface area (Å²) in [5, 5.41) is 9.69. The Morgan fingerprint density at radius 2 is 1.84 bits per heavy atom. The number of fused-ring (bicyclic) bond motifs is 1. The number of carbonyl (C=O) groups is 1. The third-order valence-electron chi connectivity index (χ3n) is 3.82. The molecule has 1 aromatic heterocycles. The molecule has 1 heterocycles. The number of nitrogens with zero attached hydrogens (tertiary/aromatic N) is 2. The number of ketones is 1. The minimum atomic E-state index is -0.102. The molecule has 0 aliphatic heterocycles. The number of hydrogen-bond donors (Lipinski definition) is 0. The highest BCUT2D eigenvalue weighted by Gasteiger charge is 2.16. The van der Waals surface area contributed by atoms with Crippen LogP contribution in [0.4, 0.5) is 0 Å². The number of benzene rings is 2. The van der Waals surface area contributed by atoms with Gasteiger partial charge in [-0.1, -0.05) is 24.3 Å². The van der Waals surface area contributed by atoms with Crippen LogP contribution in [0.15, 0.2) is 57.6 Å². The number of nitriles is 1. The van der Waals surface area contributed by atoms with Gasteiger partial charge in [0.1, 0.15) is 5.75 Å². The van der Waals surface area contributed by atoms with Crippen LogP contribution in [-0.4, -0.2) is 17.0 Å². The Morgan fingerprint density at radius 3 is 2.56 bits per heavy atom. The molecule has 0 atom stereocenters. The van der Waals surface area contributed by atoms with Crippen molar-refractivity contribution in [1.29, 1.82) is 5.26 Å². The van der Waals surface area contributed by atoms with E-state index in [2.05, 4.69) is 37.9 Å². The first-order valence-corrected chi connectivity index (χ1v) is 9.25. The molecule has 0 aliphatic carbocycles. The van der Waals surface area contributed by atoms with Crippen LogP contribution in [0.3, 0.4) is 0 Å². The van der Waals surface area contributed by atoms with Crippen LogP contribution >= 0.6 is 31.9 Å². The average molecular weight is 462 g/mol. The summed E-state index contributed by atoms with van der Waals surface area (Å²) in [6.07, 6.45) is 2.20. The highest BCUT2D eigenvalue weighted by atomic mass is 79.9. The van der Waals surface area contributed by atoms with Gasteiger partial charge in [-0.05, 0) is 50.1 Å². The van der Waals surface area contributed by atoms with Gasteiger partial charge in [0.2, 0.25) is 5.78 Å². The van der Waals surface area contributed by atoms with Crippen molar-refractivity contribution in [3.05, 3.63) is 63.2 Å². The minimum absolute atomic E-state index is 0.0620. The van der Waals surface area contributed by atoms with Gasteiger partial charge >= 0.3 is 0 Å². The van der Waals surface area contributed by atoms with E-state index in [9.17, 15) is 4.79 Å². The van der Waals surface area contributed by atoms with Crippen LogP contribution in [0.5, 0.6) is 5.75 Å². The molecule has 2 aromatic carbocycles. The number of rotatable bonds is 6. The molecule has 25 heavy (non-hydrogen) atoms. The number of hydrogen-bond acceptors (Lipinski definition) is 3. The number of ether oxygens (including phenoxy) is 1. The Balaban J connectivity index is 1.86. The molecule has 0 spiro atoms. The van der Waals surface area contributed by atoms with Gasteiger partial charge < -0.3 is 9.30 Å². The molecule has 0 saturated carbocycles. The van der Waals surface area contributed by atoms with E-state index >= 15 is 0 Å². The molecule has 3 aromatic rings. The number of aromatic nitrogens is 1. The fraction of sp³-hybridized carbons (Fsp3) is 0.158.